The largest absolute Gasteiger partial charge is 0.356 e. The lowest BCUT2D eigenvalue weighted by Gasteiger charge is -1.83. The minimum Gasteiger partial charge on any atom is -0.356 e. The zero-order chi connectivity index (χ0) is 6.41. The van der Waals surface area contributed by atoms with E-state index in [0.717, 1.165) is 6.08 Å². The highest BCUT2D eigenvalue weighted by atomic mass is 16.1. The molecule has 1 amide bonds. The fourth-order valence-corrected chi connectivity index (χ4v) is 0.196. The lowest BCUT2D eigenvalue weighted by molar-refractivity contribution is -0.116. The summed E-state index contributed by atoms with van der Waals surface area (Å²) >= 11 is 0. The highest BCUT2D eigenvalue weighted by Crippen LogP contribution is 1.66. The van der Waals surface area contributed by atoms with Crippen LogP contribution in [0.2, 0.25) is 0 Å². The molecule has 0 heterocycles. The highest BCUT2D eigenvalue weighted by Gasteiger charge is 1.83. The number of allylic oxidation sites excluding steroid dienone is 1. The molecule has 8 heavy (non-hydrogen) atoms. The maximum Gasteiger partial charge on any atom is 0.244 e. The van der Waals surface area contributed by atoms with E-state index < -0.39 is 0 Å². The van der Waals surface area contributed by atoms with Gasteiger partial charge in [0, 0.05) is 19.2 Å². The molecule has 0 fully saturated rings. The molecule has 0 aliphatic carbocycles. The van der Waals surface area contributed by atoms with Gasteiger partial charge in [0.25, 0.3) is 0 Å². The Morgan fingerprint density at radius 2 is 2.50 bits per heavy atom. The van der Waals surface area contributed by atoms with E-state index in [2.05, 4.69) is 5.32 Å². The number of amides is 1. The molecule has 0 unspecified atom stereocenters. The summed E-state index contributed by atoms with van der Waals surface area (Å²) in [6.07, 6.45) is 2.29. The molecule has 0 rings (SSSR count). The van der Waals surface area contributed by atoms with E-state index in [4.69, 9.17) is 5.26 Å². The number of nitrogens with one attached hydrogen (secondary N) is 1. The SMILES string of the molecule is CNC(=O)/C=C/C#N. The standard InChI is InChI=1S/C5H6N2O/c1-7-5(8)3-2-4-6/h2-3H,1H3,(H,7,8)/b3-2+. The van der Waals surface area contributed by atoms with Crippen LogP contribution in [0.1, 0.15) is 0 Å². The van der Waals surface area contributed by atoms with Crippen LogP contribution in [0, 0.1) is 11.3 Å². The van der Waals surface area contributed by atoms with Gasteiger partial charge in [0.2, 0.25) is 5.91 Å². The number of hydrogen-bond acceptors (Lipinski definition) is 2. The predicted octanol–water partition coefficient (Wildman–Crippen LogP) is -0.188. The number of hydrogen-bond donors (Lipinski definition) is 1. The lowest BCUT2D eigenvalue weighted by atomic mass is 10.5. The molecule has 0 atom stereocenters. The summed E-state index contributed by atoms with van der Waals surface area (Å²) in [5.74, 6) is -0.258. The van der Waals surface area contributed by atoms with Crippen LogP contribution >= 0.6 is 0 Å². The van der Waals surface area contributed by atoms with Gasteiger partial charge in [0.05, 0.1) is 6.07 Å². The molecule has 0 saturated carbocycles. The van der Waals surface area contributed by atoms with Crippen molar-refractivity contribution in [3.63, 3.8) is 0 Å². The lowest BCUT2D eigenvalue weighted by Crippen LogP contribution is -2.13. The van der Waals surface area contributed by atoms with Crippen molar-refractivity contribution in [2.75, 3.05) is 7.05 Å². The number of likely N-dealkylation sites (N-methyl/N-ethyl adjacent to an activating group) is 1. The van der Waals surface area contributed by atoms with Crippen molar-refractivity contribution in [2.24, 2.45) is 0 Å². The van der Waals surface area contributed by atoms with Crippen LogP contribution in [-0.4, -0.2) is 13.0 Å². The van der Waals surface area contributed by atoms with Crippen LogP contribution in [0.5, 0.6) is 0 Å². The average molecular weight is 110 g/mol. The van der Waals surface area contributed by atoms with Crippen molar-refractivity contribution in [3.8, 4) is 6.07 Å². The molecule has 1 N–H and O–H groups in total. The first-order chi connectivity index (χ1) is 3.81. The Balaban J connectivity index is 3.57. The maximum atomic E-state index is 10.2. The summed E-state index contributed by atoms with van der Waals surface area (Å²) in [5.41, 5.74) is 0. The molecule has 0 aromatic rings. The van der Waals surface area contributed by atoms with E-state index in [-0.39, 0.29) is 5.91 Å². The molecular formula is C5H6N2O. The van der Waals surface area contributed by atoms with Crippen molar-refractivity contribution in [3.05, 3.63) is 12.2 Å². The van der Waals surface area contributed by atoms with Crippen molar-refractivity contribution in [2.45, 2.75) is 0 Å². The van der Waals surface area contributed by atoms with E-state index in [1.165, 1.54) is 13.1 Å². The van der Waals surface area contributed by atoms with Crippen molar-refractivity contribution < 1.29 is 4.79 Å². The second-order valence-corrected chi connectivity index (χ2v) is 1.08. The van der Waals surface area contributed by atoms with Crippen LogP contribution in [0.25, 0.3) is 0 Å². The van der Waals surface area contributed by atoms with Crippen LogP contribution in [0.3, 0.4) is 0 Å². The molecule has 0 aliphatic heterocycles. The first-order valence-corrected chi connectivity index (χ1v) is 2.09. The zero-order valence-electron chi connectivity index (χ0n) is 4.51. The summed E-state index contributed by atoms with van der Waals surface area (Å²) in [4.78, 5) is 10.2. The maximum absolute atomic E-state index is 10.2. The van der Waals surface area contributed by atoms with E-state index in [9.17, 15) is 4.79 Å². The summed E-state index contributed by atoms with van der Waals surface area (Å²) in [7, 11) is 1.50. The Labute approximate surface area is 47.6 Å². The summed E-state index contributed by atoms with van der Waals surface area (Å²) in [6.45, 7) is 0. The zero-order valence-corrected chi connectivity index (χ0v) is 4.51. The van der Waals surface area contributed by atoms with Gasteiger partial charge in [-0.05, 0) is 0 Å². The Bertz CT molecular complexity index is 143. The Kier molecular flexibility index (Phi) is 3.25. The van der Waals surface area contributed by atoms with Gasteiger partial charge < -0.3 is 5.32 Å². The quantitative estimate of drug-likeness (QED) is 0.376. The topological polar surface area (TPSA) is 52.9 Å². The molecule has 0 aliphatic rings. The van der Waals surface area contributed by atoms with Gasteiger partial charge in [-0.1, -0.05) is 0 Å². The van der Waals surface area contributed by atoms with Crippen molar-refractivity contribution in [1.82, 2.24) is 5.32 Å². The predicted molar refractivity (Wildman–Crippen MR) is 28.8 cm³/mol. The number of carbonyl (C=O) groups is 1. The molecule has 0 saturated heterocycles. The minimum atomic E-state index is -0.258. The van der Waals surface area contributed by atoms with Crippen molar-refractivity contribution in [1.29, 1.82) is 5.26 Å². The highest BCUT2D eigenvalue weighted by molar-refractivity contribution is 5.87. The van der Waals surface area contributed by atoms with Crippen LogP contribution in [-0.2, 0) is 4.79 Å². The van der Waals surface area contributed by atoms with Gasteiger partial charge in [-0.3, -0.25) is 4.79 Å². The summed E-state index contributed by atoms with van der Waals surface area (Å²) in [5, 5.41) is 10.2. The normalized spacial score (nSPS) is 8.50. The number of nitriles is 1. The Hall–Kier alpha value is -1.30. The molecule has 3 heteroatoms. The fraction of sp³-hybridized carbons (Fsp3) is 0.200. The molecule has 0 spiro atoms. The molecule has 0 radical (unpaired) electrons. The second-order valence-electron chi connectivity index (χ2n) is 1.08. The first kappa shape index (κ1) is 6.70. The summed E-state index contributed by atoms with van der Waals surface area (Å²) in [6, 6.07) is 1.69. The van der Waals surface area contributed by atoms with Crippen molar-refractivity contribution >= 4 is 5.91 Å². The van der Waals surface area contributed by atoms with E-state index in [1.54, 1.807) is 6.07 Å². The van der Waals surface area contributed by atoms with Gasteiger partial charge in [-0.25, -0.2) is 0 Å². The smallest absolute Gasteiger partial charge is 0.244 e. The monoisotopic (exact) mass is 110 g/mol. The average Bonchev–Trinajstić information content (AvgIpc) is 1.83. The van der Waals surface area contributed by atoms with Gasteiger partial charge in [0.15, 0.2) is 0 Å². The molecule has 3 nitrogen and oxygen atoms in total. The number of carbonyl (C=O) groups excluding carboxylic acids is 1. The van der Waals surface area contributed by atoms with Crippen LogP contribution < -0.4 is 5.32 Å². The minimum absolute atomic E-state index is 0.258. The third kappa shape index (κ3) is 2.91. The molecule has 42 valence electrons. The number of nitrogens with zero attached hydrogens (tertiary/aromatic N) is 1. The van der Waals surface area contributed by atoms with Gasteiger partial charge in [-0.15, -0.1) is 0 Å². The van der Waals surface area contributed by atoms with Crippen LogP contribution in [0.4, 0.5) is 0 Å². The first-order valence-electron chi connectivity index (χ1n) is 2.09. The molecule has 0 aromatic carbocycles. The Morgan fingerprint density at radius 1 is 1.88 bits per heavy atom. The van der Waals surface area contributed by atoms with Gasteiger partial charge in [-0.2, -0.15) is 5.26 Å². The summed E-state index contributed by atoms with van der Waals surface area (Å²) < 4.78 is 0. The molecular weight excluding hydrogens is 104 g/mol. The molecule has 0 aromatic heterocycles. The Morgan fingerprint density at radius 3 is 2.88 bits per heavy atom. The van der Waals surface area contributed by atoms with E-state index in [1.807, 2.05) is 0 Å². The fourth-order valence-electron chi connectivity index (χ4n) is 0.196. The van der Waals surface area contributed by atoms with E-state index >= 15 is 0 Å². The number of rotatable bonds is 1. The van der Waals surface area contributed by atoms with Crippen LogP contribution in [0.15, 0.2) is 12.2 Å². The third-order valence-electron chi connectivity index (χ3n) is 0.556. The third-order valence-corrected chi connectivity index (χ3v) is 0.556. The van der Waals surface area contributed by atoms with E-state index in [0.29, 0.717) is 0 Å². The van der Waals surface area contributed by atoms with Gasteiger partial charge >= 0.3 is 0 Å². The second kappa shape index (κ2) is 3.88. The van der Waals surface area contributed by atoms with Gasteiger partial charge in [0.1, 0.15) is 0 Å². The molecule has 0 bridgehead atoms.